The minimum absolute atomic E-state index is 0.169. The maximum absolute atomic E-state index is 10.9. The fraction of sp³-hybridized carbons (Fsp3) is 0.542. The summed E-state index contributed by atoms with van der Waals surface area (Å²) in [7, 11) is -1.78. The van der Waals surface area contributed by atoms with E-state index in [0.717, 1.165) is 29.6 Å². The summed E-state index contributed by atoms with van der Waals surface area (Å²) in [6.07, 6.45) is 3.06. The number of carbonyl (C=O) groups is 1. The highest BCUT2D eigenvalue weighted by atomic mass is 32.1. The molecule has 0 bridgehead atoms. The molecule has 1 aromatic heterocycles. The van der Waals surface area contributed by atoms with Crippen molar-refractivity contribution in [3.8, 4) is 11.5 Å². The van der Waals surface area contributed by atoms with Gasteiger partial charge in [0.05, 0.1) is 6.23 Å². The van der Waals surface area contributed by atoms with Crippen LogP contribution in [0.3, 0.4) is 0 Å². The monoisotopic (exact) mass is 432 g/mol. The second-order valence-corrected chi connectivity index (χ2v) is 16.6. The second-order valence-electron chi connectivity index (χ2n) is 10.5. The van der Waals surface area contributed by atoms with Gasteiger partial charge < -0.3 is 14.6 Å². The number of hydrogen-bond donors (Lipinski definition) is 1. The number of aryl methyl sites for hydroxylation is 1. The van der Waals surface area contributed by atoms with Crippen molar-refractivity contribution < 1.29 is 14.6 Å². The minimum Gasteiger partial charge on any atom is -0.507 e. The average molecular weight is 433 g/mol. The molecule has 0 amide bonds. The molecule has 0 saturated carbocycles. The third-order valence-corrected chi connectivity index (χ3v) is 10.4. The Hall–Kier alpha value is -1.59. The van der Waals surface area contributed by atoms with Crippen LogP contribution >= 0.6 is 11.3 Å². The average Bonchev–Trinajstić information content (AvgIpc) is 3.07. The van der Waals surface area contributed by atoms with E-state index >= 15 is 0 Å². The van der Waals surface area contributed by atoms with Gasteiger partial charge in [0.1, 0.15) is 25.9 Å². The molecule has 1 N–H and O–H groups in total. The summed E-state index contributed by atoms with van der Waals surface area (Å²) in [5, 5.41) is 10.9. The van der Waals surface area contributed by atoms with Crippen LogP contribution in [0.15, 0.2) is 24.3 Å². The Kier molecular flexibility index (Phi) is 7.06. The van der Waals surface area contributed by atoms with Crippen molar-refractivity contribution in [2.45, 2.75) is 78.3 Å². The molecular weight excluding hydrogens is 396 g/mol. The molecule has 0 radical (unpaired) electrons. The van der Waals surface area contributed by atoms with Gasteiger partial charge in [-0.1, -0.05) is 60.7 Å². The fourth-order valence-electron chi connectivity index (χ4n) is 3.25. The van der Waals surface area contributed by atoms with Crippen LogP contribution in [0.1, 0.15) is 64.0 Å². The molecule has 0 aliphatic carbocycles. The first-order valence-corrected chi connectivity index (χ1v) is 14.3. The number of benzene rings is 1. The SMILES string of the molecule is CC(C)(C)c1cc(OC[Si](C)(C)c2ccc(CCC=O)s2)cc(C(C)(C)C)c1O. The normalized spacial score (nSPS) is 12.8. The van der Waals surface area contributed by atoms with Crippen molar-refractivity contribution in [3.63, 3.8) is 0 Å². The summed E-state index contributed by atoms with van der Waals surface area (Å²) in [4.78, 5) is 11.9. The topological polar surface area (TPSA) is 46.5 Å². The molecule has 5 heteroatoms. The van der Waals surface area contributed by atoms with Gasteiger partial charge in [-0.2, -0.15) is 0 Å². The molecule has 0 spiro atoms. The molecule has 3 nitrogen and oxygen atoms in total. The lowest BCUT2D eigenvalue weighted by molar-refractivity contribution is -0.107. The zero-order chi connectivity index (χ0) is 22.0. The van der Waals surface area contributed by atoms with Crippen LogP contribution in [0.5, 0.6) is 11.5 Å². The molecule has 160 valence electrons. The number of carbonyl (C=O) groups excluding carboxylic acids is 1. The van der Waals surface area contributed by atoms with Crippen molar-refractivity contribution in [1.82, 2.24) is 0 Å². The van der Waals surface area contributed by atoms with Gasteiger partial charge in [-0.25, -0.2) is 0 Å². The Balaban J connectivity index is 2.29. The summed E-state index contributed by atoms with van der Waals surface area (Å²) in [5.41, 5.74) is 1.51. The quantitative estimate of drug-likeness (QED) is 0.450. The van der Waals surface area contributed by atoms with E-state index in [-0.39, 0.29) is 10.8 Å². The molecule has 29 heavy (non-hydrogen) atoms. The first-order valence-electron chi connectivity index (χ1n) is 10.3. The summed E-state index contributed by atoms with van der Waals surface area (Å²) in [5.74, 6) is 1.21. The fourth-order valence-corrected chi connectivity index (χ4v) is 6.90. The summed E-state index contributed by atoms with van der Waals surface area (Å²) >= 11 is 1.82. The first kappa shape index (κ1) is 23.7. The maximum atomic E-state index is 10.9. The number of phenolic OH excluding ortho intramolecular Hbond substituents is 1. The number of phenols is 1. The predicted octanol–water partition coefficient (Wildman–Crippen LogP) is 5.71. The lowest BCUT2D eigenvalue weighted by atomic mass is 9.79. The largest absolute Gasteiger partial charge is 0.507 e. The van der Waals surface area contributed by atoms with E-state index in [4.69, 9.17) is 4.74 Å². The number of hydrogen-bond acceptors (Lipinski definition) is 4. The lowest BCUT2D eigenvalue weighted by Gasteiger charge is -2.29. The number of rotatable bonds is 7. The Morgan fingerprint density at radius 2 is 1.59 bits per heavy atom. The molecule has 0 atom stereocenters. The number of thiophene rings is 1. The minimum atomic E-state index is -1.78. The first-order chi connectivity index (χ1) is 13.3. The van der Waals surface area contributed by atoms with Gasteiger partial charge >= 0.3 is 0 Å². The molecular formula is C24H36O3SSi. The molecule has 0 saturated heterocycles. The van der Waals surface area contributed by atoms with Gasteiger partial charge in [0.25, 0.3) is 0 Å². The maximum Gasteiger partial charge on any atom is 0.136 e. The van der Waals surface area contributed by atoms with Crippen LogP contribution in [0, 0.1) is 0 Å². The third-order valence-electron chi connectivity index (χ3n) is 5.14. The van der Waals surface area contributed by atoms with Crippen molar-refractivity contribution in [1.29, 1.82) is 0 Å². The lowest BCUT2D eigenvalue weighted by Crippen LogP contribution is -2.45. The van der Waals surface area contributed by atoms with Gasteiger partial charge in [-0.15, -0.1) is 11.3 Å². The number of aldehydes is 1. The van der Waals surface area contributed by atoms with E-state index in [9.17, 15) is 9.90 Å². The highest BCUT2D eigenvalue weighted by Gasteiger charge is 2.29. The highest BCUT2D eigenvalue weighted by Crippen LogP contribution is 2.41. The zero-order valence-electron chi connectivity index (χ0n) is 19.2. The standard InChI is InChI=1S/C24H36O3SSi/c1-23(2,3)19-14-17(15-20(22(19)26)24(4,5)6)27-16-29(7,8)21-12-11-18(28-21)10-9-13-25/h11-15,26H,9-10,16H2,1-8H3. The van der Waals surface area contributed by atoms with Crippen molar-refractivity contribution >= 4 is 30.2 Å². The molecule has 0 aliphatic rings. The van der Waals surface area contributed by atoms with E-state index in [1.165, 1.54) is 9.38 Å². The van der Waals surface area contributed by atoms with Crippen LogP contribution in [0.2, 0.25) is 13.1 Å². The zero-order valence-corrected chi connectivity index (χ0v) is 21.0. The van der Waals surface area contributed by atoms with Crippen LogP contribution in [-0.4, -0.2) is 25.7 Å². The van der Waals surface area contributed by atoms with Crippen LogP contribution < -0.4 is 9.24 Å². The van der Waals surface area contributed by atoms with E-state index in [2.05, 4.69) is 66.8 Å². The molecule has 2 aromatic rings. The Morgan fingerprint density at radius 1 is 1.03 bits per heavy atom. The van der Waals surface area contributed by atoms with Gasteiger partial charge in [-0.3, -0.25) is 0 Å². The van der Waals surface area contributed by atoms with Gasteiger partial charge in [-0.05, 0) is 40.0 Å². The van der Waals surface area contributed by atoms with E-state index in [1.807, 2.05) is 23.5 Å². The molecule has 1 heterocycles. The van der Waals surface area contributed by atoms with Crippen molar-refractivity contribution in [2.75, 3.05) is 6.23 Å². The van der Waals surface area contributed by atoms with E-state index in [1.54, 1.807) is 0 Å². The Morgan fingerprint density at radius 3 is 2.07 bits per heavy atom. The van der Waals surface area contributed by atoms with E-state index < -0.39 is 8.07 Å². The second kappa shape index (κ2) is 8.64. The summed E-state index contributed by atoms with van der Waals surface area (Å²) in [6, 6.07) is 8.35. The highest BCUT2D eigenvalue weighted by molar-refractivity contribution is 7.26. The predicted molar refractivity (Wildman–Crippen MR) is 127 cm³/mol. The van der Waals surface area contributed by atoms with Gasteiger partial charge in [0, 0.05) is 22.4 Å². The van der Waals surface area contributed by atoms with Crippen molar-refractivity contribution in [3.05, 3.63) is 40.3 Å². The molecule has 2 rings (SSSR count). The Bertz CT molecular complexity index is 819. The van der Waals surface area contributed by atoms with Crippen LogP contribution in [-0.2, 0) is 22.0 Å². The van der Waals surface area contributed by atoms with Gasteiger partial charge in [0.15, 0.2) is 0 Å². The van der Waals surface area contributed by atoms with E-state index in [0.29, 0.717) is 18.4 Å². The molecule has 0 fully saturated rings. The van der Waals surface area contributed by atoms with Gasteiger partial charge in [0.2, 0.25) is 0 Å². The smallest absolute Gasteiger partial charge is 0.136 e. The molecule has 0 aliphatic heterocycles. The number of aromatic hydroxyl groups is 1. The molecule has 1 aromatic carbocycles. The van der Waals surface area contributed by atoms with Crippen LogP contribution in [0.25, 0.3) is 0 Å². The van der Waals surface area contributed by atoms with Crippen LogP contribution in [0.4, 0.5) is 0 Å². The Labute approximate surface area is 181 Å². The summed E-state index contributed by atoms with van der Waals surface area (Å²) < 4.78 is 7.74. The molecule has 0 unspecified atom stereocenters. The van der Waals surface area contributed by atoms with Crippen molar-refractivity contribution in [2.24, 2.45) is 0 Å². The third kappa shape index (κ3) is 5.95. The number of ether oxygens (including phenoxy) is 1. The summed E-state index contributed by atoms with van der Waals surface area (Å²) in [6.45, 7) is 17.3.